The molecule has 0 aliphatic rings. The first-order valence-electron chi connectivity index (χ1n) is 13.4. The van der Waals surface area contributed by atoms with Gasteiger partial charge in [-0.1, -0.05) is 101 Å². The summed E-state index contributed by atoms with van der Waals surface area (Å²) in [6.45, 7) is 6.72. The van der Waals surface area contributed by atoms with Crippen LogP contribution >= 0.6 is 0 Å². The van der Waals surface area contributed by atoms with Gasteiger partial charge in [0, 0.05) is 17.1 Å². The Kier molecular flexibility index (Phi) is 8.79. The summed E-state index contributed by atoms with van der Waals surface area (Å²) in [5, 5.41) is 0. The van der Waals surface area contributed by atoms with Gasteiger partial charge in [-0.05, 0) is 89.9 Å². The van der Waals surface area contributed by atoms with Gasteiger partial charge < -0.3 is 4.90 Å². The molecule has 0 radical (unpaired) electrons. The standard InChI is InChI=1S/C34H39N/c1-4-7-10-29-11-17-30(18-12-29)31-19-25-34(26-20-31)35(32-21-13-27(8-5-2)14-22-32)33-23-15-28(9-6-3)16-24-33/h11-26H,4-10H2,1-3H3. The summed E-state index contributed by atoms with van der Waals surface area (Å²) in [5.41, 5.74) is 10.3. The van der Waals surface area contributed by atoms with Crippen LogP contribution in [0.15, 0.2) is 97.1 Å². The van der Waals surface area contributed by atoms with Crippen molar-refractivity contribution in [2.45, 2.75) is 65.7 Å². The van der Waals surface area contributed by atoms with Crippen LogP contribution in [0, 0.1) is 0 Å². The van der Waals surface area contributed by atoms with Crippen LogP contribution in [0.3, 0.4) is 0 Å². The monoisotopic (exact) mass is 461 g/mol. The molecule has 0 fully saturated rings. The lowest BCUT2D eigenvalue weighted by Gasteiger charge is -2.26. The predicted octanol–water partition coefficient (Wildman–Crippen LogP) is 10.1. The highest BCUT2D eigenvalue weighted by molar-refractivity contribution is 5.78. The molecule has 1 heteroatoms. The molecule has 0 aromatic heterocycles. The quantitative estimate of drug-likeness (QED) is 0.215. The lowest BCUT2D eigenvalue weighted by atomic mass is 10.0. The fourth-order valence-electron chi connectivity index (χ4n) is 4.70. The molecule has 0 N–H and O–H groups in total. The lowest BCUT2D eigenvalue weighted by Crippen LogP contribution is -2.10. The molecular formula is C34H39N. The van der Waals surface area contributed by atoms with E-state index in [-0.39, 0.29) is 0 Å². The minimum absolute atomic E-state index is 1.12. The third kappa shape index (κ3) is 6.42. The zero-order chi connectivity index (χ0) is 24.5. The second kappa shape index (κ2) is 12.4. The van der Waals surface area contributed by atoms with Crippen molar-refractivity contribution in [1.82, 2.24) is 0 Å². The second-order valence-corrected chi connectivity index (χ2v) is 9.52. The molecule has 0 amide bonds. The maximum absolute atomic E-state index is 2.36. The molecule has 0 spiro atoms. The Morgan fingerprint density at radius 3 is 1.14 bits per heavy atom. The molecule has 1 nitrogen and oxygen atoms in total. The van der Waals surface area contributed by atoms with E-state index in [4.69, 9.17) is 0 Å². The van der Waals surface area contributed by atoms with Gasteiger partial charge in [-0.15, -0.1) is 0 Å². The molecule has 0 bridgehead atoms. The Morgan fingerprint density at radius 2 is 0.743 bits per heavy atom. The minimum Gasteiger partial charge on any atom is -0.311 e. The van der Waals surface area contributed by atoms with Crippen molar-refractivity contribution < 1.29 is 0 Å². The van der Waals surface area contributed by atoms with Crippen molar-refractivity contribution in [3.8, 4) is 11.1 Å². The maximum atomic E-state index is 2.36. The van der Waals surface area contributed by atoms with Gasteiger partial charge in [0.15, 0.2) is 0 Å². The molecule has 0 saturated carbocycles. The number of nitrogens with zero attached hydrogens (tertiary/aromatic N) is 1. The van der Waals surface area contributed by atoms with Gasteiger partial charge in [-0.2, -0.15) is 0 Å². The normalized spacial score (nSPS) is 10.9. The summed E-state index contributed by atoms with van der Waals surface area (Å²) in [5.74, 6) is 0. The average molecular weight is 462 g/mol. The molecule has 4 rings (SSSR count). The molecule has 0 heterocycles. The van der Waals surface area contributed by atoms with E-state index < -0.39 is 0 Å². The van der Waals surface area contributed by atoms with Crippen LogP contribution < -0.4 is 4.90 Å². The minimum atomic E-state index is 1.12. The van der Waals surface area contributed by atoms with Gasteiger partial charge in [0.1, 0.15) is 0 Å². The molecule has 180 valence electrons. The highest BCUT2D eigenvalue weighted by Gasteiger charge is 2.13. The Balaban J connectivity index is 1.63. The summed E-state index contributed by atoms with van der Waals surface area (Å²) >= 11 is 0. The Bertz CT molecular complexity index is 1100. The van der Waals surface area contributed by atoms with E-state index in [1.165, 1.54) is 77.0 Å². The first-order valence-corrected chi connectivity index (χ1v) is 13.4. The number of hydrogen-bond donors (Lipinski definition) is 0. The molecule has 4 aromatic rings. The van der Waals surface area contributed by atoms with Crippen molar-refractivity contribution in [1.29, 1.82) is 0 Å². The average Bonchev–Trinajstić information content (AvgIpc) is 2.91. The third-order valence-electron chi connectivity index (χ3n) is 6.70. The number of unbranched alkanes of at least 4 members (excludes halogenated alkanes) is 1. The zero-order valence-corrected chi connectivity index (χ0v) is 21.6. The van der Waals surface area contributed by atoms with Crippen LogP contribution in [-0.2, 0) is 19.3 Å². The summed E-state index contributed by atoms with van der Waals surface area (Å²) in [4.78, 5) is 2.36. The van der Waals surface area contributed by atoms with E-state index in [0.29, 0.717) is 0 Å². The molecule has 0 aliphatic heterocycles. The molecule has 0 saturated heterocycles. The van der Waals surface area contributed by atoms with Crippen LogP contribution in [0.4, 0.5) is 17.1 Å². The summed E-state index contributed by atoms with van der Waals surface area (Å²) in [6, 6.07) is 36.2. The second-order valence-electron chi connectivity index (χ2n) is 9.52. The Morgan fingerprint density at radius 1 is 0.400 bits per heavy atom. The van der Waals surface area contributed by atoms with Gasteiger partial charge in [-0.25, -0.2) is 0 Å². The van der Waals surface area contributed by atoms with Crippen molar-refractivity contribution in [2.24, 2.45) is 0 Å². The number of hydrogen-bond acceptors (Lipinski definition) is 1. The van der Waals surface area contributed by atoms with E-state index in [0.717, 1.165) is 12.8 Å². The number of anilines is 3. The van der Waals surface area contributed by atoms with Crippen LogP contribution in [0.1, 0.15) is 63.1 Å². The van der Waals surface area contributed by atoms with Crippen molar-refractivity contribution in [2.75, 3.05) is 4.90 Å². The lowest BCUT2D eigenvalue weighted by molar-refractivity contribution is 0.795. The van der Waals surface area contributed by atoms with Crippen LogP contribution in [0.5, 0.6) is 0 Å². The van der Waals surface area contributed by atoms with Gasteiger partial charge in [0.05, 0.1) is 0 Å². The van der Waals surface area contributed by atoms with Crippen LogP contribution in [0.25, 0.3) is 11.1 Å². The third-order valence-corrected chi connectivity index (χ3v) is 6.70. The number of rotatable bonds is 11. The van der Waals surface area contributed by atoms with Crippen LogP contribution in [0.2, 0.25) is 0 Å². The van der Waals surface area contributed by atoms with Crippen molar-refractivity contribution >= 4 is 17.1 Å². The predicted molar refractivity (Wildman–Crippen MR) is 153 cm³/mol. The van der Waals surface area contributed by atoms with Gasteiger partial charge in [0.2, 0.25) is 0 Å². The molecular weight excluding hydrogens is 422 g/mol. The van der Waals surface area contributed by atoms with E-state index in [1.54, 1.807) is 0 Å². The molecule has 0 unspecified atom stereocenters. The first-order chi connectivity index (χ1) is 17.2. The van der Waals surface area contributed by atoms with Gasteiger partial charge >= 0.3 is 0 Å². The molecule has 0 aliphatic carbocycles. The van der Waals surface area contributed by atoms with Gasteiger partial charge in [0.25, 0.3) is 0 Å². The SMILES string of the molecule is CCCCc1ccc(-c2ccc(N(c3ccc(CCC)cc3)c3ccc(CCC)cc3)cc2)cc1. The summed E-state index contributed by atoms with van der Waals surface area (Å²) < 4.78 is 0. The first kappa shape index (κ1) is 24.8. The molecule has 0 atom stereocenters. The highest BCUT2D eigenvalue weighted by atomic mass is 15.1. The topological polar surface area (TPSA) is 3.24 Å². The molecule has 4 aromatic carbocycles. The van der Waals surface area contributed by atoms with Crippen LogP contribution in [-0.4, -0.2) is 0 Å². The maximum Gasteiger partial charge on any atom is 0.0462 e. The summed E-state index contributed by atoms with van der Waals surface area (Å²) in [6.07, 6.45) is 8.24. The zero-order valence-electron chi connectivity index (χ0n) is 21.6. The Labute approximate surface area is 212 Å². The summed E-state index contributed by atoms with van der Waals surface area (Å²) in [7, 11) is 0. The number of aryl methyl sites for hydroxylation is 3. The number of benzene rings is 4. The van der Waals surface area contributed by atoms with Crippen molar-refractivity contribution in [3.05, 3.63) is 114 Å². The van der Waals surface area contributed by atoms with E-state index >= 15 is 0 Å². The van der Waals surface area contributed by atoms with E-state index in [1.807, 2.05) is 0 Å². The largest absolute Gasteiger partial charge is 0.311 e. The van der Waals surface area contributed by atoms with E-state index in [9.17, 15) is 0 Å². The smallest absolute Gasteiger partial charge is 0.0462 e. The highest BCUT2D eigenvalue weighted by Crippen LogP contribution is 2.36. The van der Waals surface area contributed by atoms with Crippen molar-refractivity contribution in [3.63, 3.8) is 0 Å². The fraction of sp³-hybridized carbons (Fsp3) is 0.294. The van der Waals surface area contributed by atoms with Gasteiger partial charge in [-0.3, -0.25) is 0 Å². The Hall–Kier alpha value is -3.32. The fourth-order valence-corrected chi connectivity index (χ4v) is 4.70. The van der Waals surface area contributed by atoms with E-state index in [2.05, 4.69) is 123 Å². The molecule has 35 heavy (non-hydrogen) atoms.